The number of rotatable bonds is 15. The zero-order chi connectivity index (χ0) is 73.6. The first-order valence-electron chi connectivity index (χ1n) is 33.3. The topological polar surface area (TPSA) is 196 Å². The van der Waals surface area contributed by atoms with Crippen LogP contribution in [0.5, 0.6) is 23.0 Å². The standard InChI is InChI=1S/C29H21F2NO4.C26H21F2NO4.C24H19F6N3O2.CH4/c1-17(33)18-6-8-19(9-7-18)27-23-5-3-2-4-20(23)14-22(32-27)16-26(34)28(12-13-28)21-10-11-24-25(15-21)36-29(30,31)35-24;1-15-6-8-20(29-24(15)18-5-3-4-17(12-18)16(2)30)14-23(31)25(10-11-25)19-7-9-21-22(13-19)33-26(27,28)32-21;25-23(26,27)16-2-1-3-19-20(16)21(34)15(11-31-19)22(35)32-18-9-8-14(10-17(18)24(28,29)30)33-12-4-5-13(33)7-6-12;/h2-11,14-15H,12-13,16H2,1H3;3-9,12-13H,10-11,14H2,1-2H3;1-3,8-13H,4-7H2,(H,31,34)(H,32,35);1H4. The smallest absolute Gasteiger partial charge is 0.395 e. The molecule has 6 aliphatic rings. The number of anilines is 2. The minimum atomic E-state index is -4.87. The van der Waals surface area contributed by atoms with Crippen molar-refractivity contribution in [2.45, 2.75) is 140 Å². The summed E-state index contributed by atoms with van der Waals surface area (Å²) in [6.07, 6.45) is -9.76. The van der Waals surface area contributed by atoms with Gasteiger partial charge in [-0.05, 0) is 167 Å². The summed E-state index contributed by atoms with van der Waals surface area (Å²) in [5, 5.41) is 3.21. The molecule has 2 saturated heterocycles. The number of hydrogen-bond donors (Lipinski definition) is 2. The second-order valence-corrected chi connectivity index (χ2v) is 26.8. The molecule has 15 nitrogen and oxygen atoms in total. The van der Waals surface area contributed by atoms with Crippen molar-refractivity contribution < 1.29 is 86.8 Å². The number of amides is 1. The molecular weight excluding hydrogens is 1380 g/mol. The number of H-pyrrole nitrogens is 1. The van der Waals surface area contributed by atoms with E-state index in [-0.39, 0.29) is 84.0 Å². The number of aromatic nitrogens is 3. The third-order valence-corrected chi connectivity index (χ3v) is 20.0. The van der Waals surface area contributed by atoms with Crippen molar-refractivity contribution in [2.24, 2.45) is 0 Å². The molecule has 25 heteroatoms. The maximum Gasteiger partial charge on any atom is 0.586 e. The number of nitrogens with one attached hydrogen (secondary N) is 2. The lowest BCUT2D eigenvalue weighted by Crippen LogP contribution is -2.29. The predicted molar refractivity (Wildman–Crippen MR) is 370 cm³/mol. The Labute approximate surface area is 593 Å². The first kappa shape index (κ1) is 72.1. The Balaban J connectivity index is 0.000000139. The highest BCUT2D eigenvalue weighted by Crippen LogP contribution is 2.55. The Morgan fingerprint density at radius 2 is 1.10 bits per heavy atom. The molecule has 4 aliphatic heterocycles. The molecule has 105 heavy (non-hydrogen) atoms. The minimum Gasteiger partial charge on any atom is -0.395 e. The molecule has 7 heterocycles. The number of aromatic amines is 1. The number of alkyl halides is 10. The SMILES string of the molecule is C.CC(=O)c1ccc(-c2nc(CC(=O)C3(c4ccc5c(c4)OC(F)(F)O5)CC3)cc3ccccc23)cc1.CC(=O)c1cccc(-c2nc(CC(=O)C3(c4ccc5c(c4)OC(F)(F)O5)CC3)ccc2C)c1.O=C(Nc1ccc(N2C3CCC2CC3)cc1C(F)(F)F)c1c[nH]c2cccc(C(F)(F)F)c2c1=O. The highest BCUT2D eigenvalue weighted by atomic mass is 19.4. The lowest BCUT2D eigenvalue weighted by molar-refractivity contribution is -0.287. The molecule has 10 aromatic rings. The lowest BCUT2D eigenvalue weighted by atomic mass is 9.88. The van der Waals surface area contributed by atoms with Crippen molar-refractivity contribution in [3.63, 3.8) is 0 Å². The van der Waals surface area contributed by atoms with Crippen molar-refractivity contribution in [3.8, 4) is 45.5 Å². The molecule has 2 bridgehead atoms. The average Bonchev–Trinajstić information content (AvgIpc) is 1.62. The van der Waals surface area contributed by atoms with Crippen molar-refractivity contribution in [1.82, 2.24) is 15.0 Å². The van der Waals surface area contributed by atoms with Crippen molar-refractivity contribution in [1.29, 1.82) is 0 Å². The number of ketones is 4. The number of pyridine rings is 3. The third-order valence-electron chi connectivity index (χ3n) is 20.0. The summed E-state index contributed by atoms with van der Waals surface area (Å²) in [6, 6.07) is 44.1. The number of fused-ring (bicyclic) bond motifs is 6. The molecular formula is C80H65F10N5O10. The molecule has 4 fully saturated rings. The second kappa shape index (κ2) is 27.1. The van der Waals surface area contributed by atoms with Gasteiger partial charge in [-0.25, -0.2) is 0 Å². The van der Waals surface area contributed by atoms with E-state index in [9.17, 15) is 72.7 Å². The molecule has 3 aromatic heterocycles. The summed E-state index contributed by atoms with van der Waals surface area (Å²) in [7, 11) is 0. The van der Waals surface area contributed by atoms with E-state index in [4.69, 9.17) is 9.97 Å². The summed E-state index contributed by atoms with van der Waals surface area (Å²) in [4.78, 5) is 89.9. The lowest BCUT2D eigenvalue weighted by Gasteiger charge is -2.26. The van der Waals surface area contributed by atoms with E-state index >= 15 is 0 Å². The number of nitrogens with zero attached hydrogens (tertiary/aromatic N) is 3. The van der Waals surface area contributed by atoms with Crippen LogP contribution in [0.2, 0.25) is 0 Å². The molecule has 0 atom stereocenters. The number of benzene rings is 7. The van der Waals surface area contributed by atoms with Crippen molar-refractivity contribution in [3.05, 3.63) is 236 Å². The fourth-order valence-corrected chi connectivity index (χ4v) is 14.4. The minimum absolute atomic E-state index is 0. The Morgan fingerprint density at radius 1 is 0.552 bits per heavy atom. The van der Waals surface area contributed by atoms with Crippen LogP contribution in [0.15, 0.2) is 175 Å². The van der Waals surface area contributed by atoms with Crippen LogP contribution < -0.4 is 34.6 Å². The predicted octanol–water partition coefficient (Wildman–Crippen LogP) is 18.3. The number of hydrogen-bond acceptors (Lipinski definition) is 13. The van der Waals surface area contributed by atoms with E-state index < -0.39 is 74.9 Å². The van der Waals surface area contributed by atoms with E-state index in [1.807, 2.05) is 78.6 Å². The largest absolute Gasteiger partial charge is 0.586 e. The van der Waals surface area contributed by atoms with Gasteiger partial charge in [-0.2, -0.15) is 26.3 Å². The first-order valence-corrected chi connectivity index (χ1v) is 33.3. The van der Waals surface area contributed by atoms with Crippen LogP contribution in [0.1, 0.15) is 143 Å². The van der Waals surface area contributed by atoms with Crippen LogP contribution in [-0.2, 0) is 45.6 Å². The number of aryl methyl sites for hydroxylation is 1. The molecule has 2 N–H and O–H groups in total. The molecule has 16 rings (SSSR count). The van der Waals surface area contributed by atoms with Gasteiger partial charge in [0.25, 0.3) is 5.91 Å². The van der Waals surface area contributed by atoms with Crippen LogP contribution in [0, 0.1) is 6.92 Å². The number of carbonyl (C=O) groups excluding carboxylic acids is 5. The summed E-state index contributed by atoms with van der Waals surface area (Å²) in [5.41, 5.74) is 1.71. The Bertz CT molecular complexity index is 5220. The van der Waals surface area contributed by atoms with Gasteiger partial charge >= 0.3 is 24.9 Å². The van der Waals surface area contributed by atoms with Gasteiger partial charge in [0, 0.05) is 81.4 Å². The molecule has 540 valence electrons. The molecule has 0 unspecified atom stereocenters. The number of Topliss-reactive ketones (excluding diaryl/α,β-unsaturated/α-hetero) is 4. The van der Waals surface area contributed by atoms with Crippen LogP contribution in [0.25, 0.3) is 44.2 Å². The maximum absolute atomic E-state index is 13.9. The van der Waals surface area contributed by atoms with Gasteiger partial charge < -0.3 is 34.1 Å². The second-order valence-electron chi connectivity index (χ2n) is 26.8. The quantitative estimate of drug-likeness (QED) is 0.0727. The maximum atomic E-state index is 13.9. The zero-order valence-electron chi connectivity index (χ0n) is 55.6. The van der Waals surface area contributed by atoms with Gasteiger partial charge in [0.15, 0.2) is 34.6 Å². The van der Waals surface area contributed by atoms with E-state index in [0.717, 1.165) is 88.9 Å². The van der Waals surface area contributed by atoms with E-state index in [2.05, 4.69) is 29.2 Å². The highest BCUT2D eigenvalue weighted by molar-refractivity contribution is 6.07. The van der Waals surface area contributed by atoms with Gasteiger partial charge in [0.05, 0.1) is 44.4 Å². The van der Waals surface area contributed by atoms with E-state index in [0.29, 0.717) is 71.1 Å². The third kappa shape index (κ3) is 14.3. The van der Waals surface area contributed by atoms with Gasteiger partial charge in [-0.3, -0.25) is 38.7 Å². The molecule has 0 radical (unpaired) electrons. The van der Waals surface area contributed by atoms with Crippen LogP contribution in [-0.4, -0.2) is 68.7 Å². The van der Waals surface area contributed by atoms with Gasteiger partial charge in [-0.15, -0.1) is 17.6 Å². The van der Waals surface area contributed by atoms with E-state index in [1.54, 1.807) is 36.4 Å². The fourth-order valence-electron chi connectivity index (χ4n) is 14.4. The summed E-state index contributed by atoms with van der Waals surface area (Å²) < 4.78 is 154. The number of halogens is 10. The highest BCUT2D eigenvalue weighted by Gasteiger charge is 2.54. The summed E-state index contributed by atoms with van der Waals surface area (Å²) in [5.74, 6) is -1.52. The van der Waals surface area contributed by atoms with Gasteiger partial charge in [0.1, 0.15) is 17.1 Å². The Morgan fingerprint density at radius 3 is 1.68 bits per heavy atom. The van der Waals surface area contributed by atoms with Crippen molar-refractivity contribution >= 4 is 62.1 Å². The summed E-state index contributed by atoms with van der Waals surface area (Å²) in [6.45, 7) is 4.97. The Hall–Kier alpha value is -11.2. The normalized spacial score (nSPS) is 17.7. The van der Waals surface area contributed by atoms with Crippen LogP contribution >= 0.6 is 0 Å². The average molecular weight is 1450 g/mol. The van der Waals surface area contributed by atoms with Crippen molar-refractivity contribution in [2.75, 3.05) is 10.2 Å². The van der Waals surface area contributed by atoms with Crippen LogP contribution in [0.3, 0.4) is 0 Å². The molecule has 1 amide bonds. The molecule has 0 spiro atoms. The summed E-state index contributed by atoms with van der Waals surface area (Å²) >= 11 is 0. The van der Waals surface area contributed by atoms with E-state index in [1.165, 1.54) is 50.2 Å². The zero-order valence-corrected chi connectivity index (χ0v) is 55.6. The Kier molecular flexibility index (Phi) is 18.6. The van der Waals surface area contributed by atoms with Crippen LogP contribution in [0.4, 0.5) is 55.3 Å². The first-order chi connectivity index (χ1) is 49.4. The number of carbonyl (C=O) groups is 5. The number of ether oxygens (including phenoxy) is 4. The molecule has 7 aromatic carbocycles. The monoisotopic (exact) mass is 1450 g/mol. The van der Waals surface area contributed by atoms with Gasteiger partial charge in [-0.1, -0.05) is 98.4 Å². The molecule has 2 saturated carbocycles. The van der Waals surface area contributed by atoms with Gasteiger partial charge in [0.2, 0.25) is 5.43 Å². The molecule has 2 aliphatic carbocycles. The fraction of sp³-hybridized carbons (Fsp3) is 0.275.